The largest absolute Gasteiger partial charge is 0.355 e. The molecule has 0 saturated heterocycles. The van der Waals surface area contributed by atoms with Gasteiger partial charge in [-0.15, -0.1) is 0 Å². The van der Waals surface area contributed by atoms with E-state index in [0.29, 0.717) is 13.1 Å². The first kappa shape index (κ1) is 12.6. The second-order valence-electron chi connectivity index (χ2n) is 3.74. The van der Waals surface area contributed by atoms with Gasteiger partial charge in [0, 0.05) is 31.4 Å². The molecule has 1 amide bonds. The maximum Gasteiger partial charge on any atom is 0.224 e. The molecule has 3 N–H and O–H groups in total. The van der Waals surface area contributed by atoms with Crippen molar-refractivity contribution in [1.29, 1.82) is 0 Å². The number of carbonyl (C=O) groups excluding carboxylic acids is 1. The lowest BCUT2D eigenvalue weighted by molar-refractivity contribution is -0.124. The van der Waals surface area contributed by atoms with Crippen LogP contribution < -0.4 is 11.1 Å². The van der Waals surface area contributed by atoms with Crippen LogP contribution in [0.2, 0.25) is 0 Å². The summed E-state index contributed by atoms with van der Waals surface area (Å²) < 4.78 is 0. The number of amides is 1. The fourth-order valence-corrected chi connectivity index (χ4v) is 1.48. The van der Waals surface area contributed by atoms with Crippen LogP contribution in [0.25, 0.3) is 0 Å². The summed E-state index contributed by atoms with van der Waals surface area (Å²) in [5.41, 5.74) is 6.67. The van der Waals surface area contributed by atoms with Crippen molar-refractivity contribution in [3.05, 3.63) is 30.1 Å². The van der Waals surface area contributed by atoms with Gasteiger partial charge in [-0.05, 0) is 30.5 Å². The van der Waals surface area contributed by atoms with E-state index in [-0.39, 0.29) is 11.8 Å². The second-order valence-corrected chi connectivity index (χ2v) is 3.74. The molecule has 0 aromatic carbocycles. The van der Waals surface area contributed by atoms with Gasteiger partial charge in [0.15, 0.2) is 0 Å². The van der Waals surface area contributed by atoms with Crippen LogP contribution in [-0.2, 0) is 11.2 Å². The average molecular weight is 221 g/mol. The van der Waals surface area contributed by atoms with Gasteiger partial charge < -0.3 is 11.1 Å². The number of aromatic nitrogens is 1. The molecule has 0 aliphatic carbocycles. The molecule has 1 atom stereocenters. The Balaban J connectivity index is 2.28. The standard InChI is InChI=1S/C12H19N3O/c1-2-11(9-13)12(16)15-8-5-10-3-6-14-7-4-10/h3-4,6-7,11H,2,5,8-9,13H2,1H3,(H,15,16). The van der Waals surface area contributed by atoms with Crippen molar-refractivity contribution >= 4 is 5.91 Å². The first-order valence-corrected chi connectivity index (χ1v) is 5.64. The van der Waals surface area contributed by atoms with Crippen LogP contribution in [0.15, 0.2) is 24.5 Å². The van der Waals surface area contributed by atoms with E-state index in [9.17, 15) is 4.79 Å². The predicted octanol–water partition coefficient (Wildman–Crippen LogP) is 0.725. The van der Waals surface area contributed by atoms with Crippen LogP contribution in [0, 0.1) is 5.92 Å². The van der Waals surface area contributed by atoms with Gasteiger partial charge in [-0.25, -0.2) is 0 Å². The van der Waals surface area contributed by atoms with Crippen molar-refractivity contribution in [3.63, 3.8) is 0 Å². The Hall–Kier alpha value is -1.42. The molecule has 0 fully saturated rings. The minimum absolute atomic E-state index is 0.0547. The van der Waals surface area contributed by atoms with Crippen molar-refractivity contribution in [2.24, 2.45) is 11.7 Å². The van der Waals surface area contributed by atoms with E-state index in [4.69, 9.17) is 5.73 Å². The van der Waals surface area contributed by atoms with Gasteiger partial charge in [0.05, 0.1) is 0 Å². The van der Waals surface area contributed by atoms with Crippen molar-refractivity contribution < 1.29 is 4.79 Å². The molecule has 4 nitrogen and oxygen atoms in total. The monoisotopic (exact) mass is 221 g/mol. The van der Waals surface area contributed by atoms with Gasteiger partial charge in [0.1, 0.15) is 0 Å². The van der Waals surface area contributed by atoms with E-state index < -0.39 is 0 Å². The van der Waals surface area contributed by atoms with Crippen molar-refractivity contribution in [1.82, 2.24) is 10.3 Å². The molecule has 0 spiro atoms. The third kappa shape index (κ3) is 3.98. The number of rotatable bonds is 6. The Morgan fingerprint density at radius 1 is 1.50 bits per heavy atom. The molecule has 1 heterocycles. The van der Waals surface area contributed by atoms with Gasteiger partial charge in [0.2, 0.25) is 5.91 Å². The second kappa shape index (κ2) is 6.95. The molecule has 16 heavy (non-hydrogen) atoms. The Labute approximate surface area is 96.3 Å². The normalized spacial score (nSPS) is 12.1. The lowest BCUT2D eigenvalue weighted by Crippen LogP contribution is -2.35. The zero-order valence-electron chi connectivity index (χ0n) is 9.65. The SMILES string of the molecule is CCC(CN)C(=O)NCCc1ccncc1. The molecule has 0 bridgehead atoms. The molecular formula is C12H19N3O. The third-order valence-corrected chi connectivity index (χ3v) is 2.61. The average Bonchev–Trinajstić information content (AvgIpc) is 2.32. The summed E-state index contributed by atoms with van der Waals surface area (Å²) in [6.45, 7) is 3.04. The number of hydrogen-bond acceptors (Lipinski definition) is 3. The fraction of sp³-hybridized carbons (Fsp3) is 0.500. The van der Waals surface area contributed by atoms with Gasteiger partial charge in [-0.3, -0.25) is 9.78 Å². The van der Waals surface area contributed by atoms with Crippen molar-refractivity contribution in [2.45, 2.75) is 19.8 Å². The summed E-state index contributed by atoms with van der Waals surface area (Å²) in [6, 6.07) is 3.90. The predicted molar refractivity (Wildman–Crippen MR) is 63.8 cm³/mol. The third-order valence-electron chi connectivity index (χ3n) is 2.61. The minimum Gasteiger partial charge on any atom is -0.355 e. The van der Waals surface area contributed by atoms with E-state index in [0.717, 1.165) is 12.8 Å². The van der Waals surface area contributed by atoms with Crippen LogP contribution in [0.5, 0.6) is 0 Å². The van der Waals surface area contributed by atoms with Crippen molar-refractivity contribution in [2.75, 3.05) is 13.1 Å². The summed E-state index contributed by atoms with van der Waals surface area (Å²) >= 11 is 0. The van der Waals surface area contributed by atoms with Gasteiger partial charge >= 0.3 is 0 Å². The topological polar surface area (TPSA) is 68.0 Å². The highest BCUT2D eigenvalue weighted by Crippen LogP contribution is 2.00. The zero-order valence-corrected chi connectivity index (χ0v) is 9.65. The molecule has 88 valence electrons. The van der Waals surface area contributed by atoms with E-state index in [2.05, 4.69) is 10.3 Å². The minimum atomic E-state index is -0.0579. The number of carbonyl (C=O) groups is 1. The van der Waals surface area contributed by atoms with Crippen LogP contribution in [0.3, 0.4) is 0 Å². The van der Waals surface area contributed by atoms with E-state index >= 15 is 0 Å². The van der Waals surface area contributed by atoms with E-state index in [1.807, 2.05) is 19.1 Å². The van der Waals surface area contributed by atoms with Gasteiger partial charge in [-0.2, -0.15) is 0 Å². The van der Waals surface area contributed by atoms with Gasteiger partial charge in [-0.1, -0.05) is 6.92 Å². The summed E-state index contributed by atoms with van der Waals surface area (Å²) in [7, 11) is 0. The number of nitrogens with zero attached hydrogens (tertiary/aromatic N) is 1. The highest BCUT2D eigenvalue weighted by molar-refractivity contribution is 5.78. The Morgan fingerprint density at radius 2 is 2.19 bits per heavy atom. The molecule has 1 aromatic rings. The molecule has 1 aromatic heterocycles. The fourth-order valence-electron chi connectivity index (χ4n) is 1.48. The van der Waals surface area contributed by atoms with Crippen LogP contribution in [0.1, 0.15) is 18.9 Å². The number of nitrogens with one attached hydrogen (secondary N) is 1. The number of pyridine rings is 1. The molecule has 0 aliphatic rings. The molecule has 0 radical (unpaired) electrons. The van der Waals surface area contributed by atoms with Crippen LogP contribution in [0.4, 0.5) is 0 Å². The van der Waals surface area contributed by atoms with E-state index in [1.54, 1.807) is 12.4 Å². The molecule has 4 heteroatoms. The first-order valence-electron chi connectivity index (χ1n) is 5.64. The number of hydrogen-bond donors (Lipinski definition) is 2. The molecule has 1 unspecified atom stereocenters. The quantitative estimate of drug-likeness (QED) is 0.744. The van der Waals surface area contributed by atoms with Gasteiger partial charge in [0.25, 0.3) is 0 Å². The Bertz CT molecular complexity index is 309. The van der Waals surface area contributed by atoms with E-state index in [1.165, 1.54) is 5.56 Å². The van der Waals surface area contributed by atoms with Crippen molar-refractivity contribution in [3.8, 4) is 0 Å². The maximum absolute atomic E-state index is 11.6. The Morgan fingerprint density at radius 3 is 2.75 bits per heavy atom. The summed E-state index contributed by atoms with van der Waals surface area (Å²) in [6.07, 6.45) is 5.13. The zero-order chi connectivity index (χ0) is 11.8. The highest BCUT2D eigenvalue weighted by atomic mass is 16.1. The maximum atomic E-state index is 11.6. The Kier molecular flexibility index (Phi) is 5.50. The van der Waals surface area contributed by atoms with Crippen LogP contribution in [-0.4, -0.2) is 24.0 Å². The van der Waals surface area contributed by atoms with Crippen LogP contribution >= 0.6 is 0 Å². The lowest BCUT2D eigenvalue weighted by atomic mass is 10.1. The lowest BCUT2D eigenvalue weighted by Gasteiger charge is -2.12. The smallest absolute Gasteiger partial charge is 0.224 e. The number of nitrogens with two attached hydrogens (primary N) is 1. The molecule has 0 aliphatic heterocycles. The molecule has 1 rings (SSSR count). The summed E-state index contributed by atoms with van der Waals surface area (Å²) in [5.74, 6) is -0.00324. The molecular weight excluding hydrogens is 202 g/mol. The highest BCUT2D eigenvalue weighted by Gasteiger charge is 2.13. The summed E-state index contributed by atoms with van der Waals surface area (Å²) in [4.78, 5) is 15.5. The molecule has 0 saturated carbocycles. The first-order chi connectivity index (χ1) is 7.77. The summed E-state index contributed by atoms with van der Waals surface area (Å²) in [5, 5.41) is 2.89.